The summed E-state index contributed by atoms with van der Waals surface area (Å²) in [6.45, 7) is 1.70. The Balaban J connectivity index is 1.81. The minimum Gasteiger partial charge on any atom is -0.455 e. The normalized spacial score (nSPS) is 11.2. The maximum absolute atomic E-state index is 12.1. The number of hydrogen-bond donors (Lipinski definition) is 2. The molecule has 140 valence electrons. The summed E-state index contributed by atoms with van der Waals surface area (Å²) in [5.41, 5.74) is 0.653. The molecule has 0 aliphatic heterocycles. The third-order valence-corrected chi connectivity index (χ3v) is 5.03. The zero-order chi connectivity index (χ0) is 19.3. The quantitative estimate of drug-likeness (QED) is 0.671. The van der Waals surface area contributed by atoms with Crippen molar-refractivity contribution in [3.05, 3.63) is 40.7 Å². The van der Waals surface area contributed by atoms with Crippen molar-refractivity contribution in [3.63, 3.8) is 0 Å². The van der Waals surface area contributed by atoms with Gasteiger partial charge < -0.3 is 14.6 Å². The SMILES string of the molecule is Cc1noc(C)c1S(=O)(=O)NCC(=O)OCC(=O)Nc1ccc(Cl)cc1. The molecule has 0 spiro atoms. The molecule has 1 aromatic carbocycles. The van der Waals surface area contributed by atoms with Crippen LogP contribution in [0.15, 0.2) is 33.7 Å². The van der Waals surface area contributed by atoms with E-state index in [0.29, 0.717) is 10.7 Å². The van der Waals surface area contributed by atoms with Crippen LogP contribution in [0.5, 0.6) is 0 Å². The Morgan fingerprint density at radius 2 is 1.88 bits per heavy atom. The number of rotatable bonds is 7. The van der Waals surface area contributed by atoms with E-state index in [1.807, 2.05) is 0 Å². The molecule has 9 nitrogen and oxygen atoms in total. The van der Waals surface area contributed by atoms with Gasteiger partial charge in [0.2, 0.25) is 10.0 Å². The average molecular weight is 402 g/mol. The van der Waals surface area contributed by atoms with Crippen molar-refractivity contribution >= 4 is 39.2 Å². The van der Waals surface area contributed by atoms with Gasteiger partial charge in [-0.3, -0.25) is 9.59 Å². The van der Waals surface area contributed by atoms with Crippen LogP contribution >= 0.6 is 11.6 Å². The molecule has 1 heterocycles. The molecule has 0 unspecified atom stereocenters. The van der Waals surface area contributed by atoms with Crippen molar-refractivity contribution in [2.24, 2.45) is 0 Å². The van der Waals surface area contributed by atoms with E-state index in [1.165, 1.54) is 13.8 Å². The number of carbonyl (C=O) groups excluding carboxylic acids is 2. The molecule has 2 rings (SSSR count). The second-order valence-electron chi connectivity index (χ2n) is 5.19. The fourth-order valence-corrected chi connectivity index (χ4v) is 3.43. The van der Waals surface area contributed by atoms with Crippen molar-refractivity contribution in [2.45, 2.75) is 18.7 Å². The highest BCUT2D eigenvalue weighted by molar-refractivity contribution is 7.89. The first-order chi connectivity index (χ1) is 12.2. The number of halogens is 1. The van der Waals surface area contributed by atoms with Crippen LogP contribution < -0.4 is 10.0 Å². The Kier molecular flexibility index (Phi) is 6.35. The molecule has 0 saturated heterocycles. The highest BCUT2D eigenvalue weighted by Gasteiger charge is 2.25. The number of nitrogens with one attached hydrogen (secondary N) is 2. The van der Waals surface area contributed by atoms with Crippen LogP contribution in [-0.4, -0.2) is 38.6 Å². The summed E-state index contributed by atoms with van der Waals surface area (Å²) in [5.74, 6) is -1.38. The smallest absolute Gasteiger partial charge is 0.321 e. The van der Waals surface area contributed by atoms with Gasteiger partial charge in [0.05, 0.1) is 0 Å². The molecule has 0 aliphatic carbocycles. The molecule has 0 saturated carbocycles. The van der Waals surface area contributed by atoms with Crippen LogP contribution in [0, 0.1) is 13.8 Å². The predicted molar refractivity (Wildman–Crippen MR) is 92.2 cm³/mol. The van der Waals surface area contributed by atoms with E-state index in [0.717, 1.165) is 0 Å². The molecule has 11 heteroatoms. The Morgan fingerprint density at radius 1 is 1.23 bits per heavy atom. The molecular weight excluding hydrogens is 386 g/mol. The van der Waals surface area contributed by atoms with Gasteiger partial charge in [0.25, 0.3) is 5.91 Å². The average Bonchev–Trinajstić information content (AvgIpc) is 2.92. The number of sulfonamides is 1. The van der Waals surface area contributed by atoms with Gasteiger partial charge >= 0.3 is 5.97 Å². The number of nitrogens with zero attached hydrogens (tertiary/aromatic N) is 1. The first-order valence-corrected chi connectivity index (χ1v) is 9.19. The second kappa shape index (κ2) is 8.30. The van der Waals surface area contributed by atoms with Gasteiger partial charge in [-0.2, -0.15) is 4.72 Å². The summed E-state index contributed by atoms with van der Waals surface area (Å²) in [6.07, 6.45) is 0. The largest absolute Gasteiger partial charge is 0.455 e. The number of carbonyl (C=O) groups is 2. The Bertz CT molecular complexity index is 888. The van der Waals surface area contributed by atoms with Crippen molar-refractivity contribution < 1.29 is 27.3 Å². The van der Waals surface area contributed by atoms with E-state index in [9.17, 15) is 18.0 Å². The molecule has 0 radical (unpaired) electrons. The molecule has 2 aromatic rings. The number of amides is 1. The molecule has 2 N–H and O–H groups in total. The summed E-state index contributed by atoms with van der Waals surface area (Å²) in [7, 11) is -3.98. The fourth-order valence-electron chi connectivity index (χ4n) is 2.01. The monoisotopic (exact) mass is 401 g/mol. The van der Waals surface area contributed by atoms with Crippen molar-refractivity contribution in [3.8, 4) is 0 Å². The number of esters is 1. The van der Waals surface area contributed by atoms with Gasteiger partial charge in [0.15, 0.2) is 12.4 Å². The molecule has 0 atom stereocenters. The standard InChI is InChI=1S/C15H16ClN3O6S/c1-9-15(10(2)25-19-9)26(22,23)17-7-14(21)24-8-13(20)18-12-5-3-11(16)4-6-12/h3-6,17H,7-8H2,1-2H3,(H,18,20). The van der Waals surface area contributed by atoms with Crippen LogP contribution in [0.25, 0.3) is 0 Å². The number of anilines is 1. The first kappa shape index (κ1) is 19.9. The van der Waals surface area contributed by atoms with Crippen molar-refractivity contribution in [2.75, 3.05) is 18.5 Å². The lowest BCUT2D eigenvalue weighted by atomic mass is 10.3. The Labute approximate surface area is 154 Å². The molecule has 1 amide bonds. The Hall–Kier alpha value is -2.43. The van der Waals surface area contributed by atoms with E-state index >= 15 is 0 Å². The van der Waals surface area contributed by atoms with Gasteiger partial charge in [-0.15, -0.1) is 0 Å². The minimum absolute atomic E-state index is 0.103. The first-order valence-electron chi connectivity index (χ1n) is 7.32. The third kappa shape index (κ3) is 5.28. The highest BCUT2D eigenvalue weighted by atomic mass is 35.5. The van der Waals surface area contributed by atoms with Crippen LogP contribution in [0.4, 0.5) is 5.69 Å². The topological polar surface area (TPSA) is 128 Å². The van der Waals surface area contributed by atoms with Crippen LogP contribution in [-0.2, 0) is 24.3 Å². The third-order valence-electron chi connectivity index (χ3n) is 3.14. The molecule has 0 bridgehead atoms. The molecular formula is C15H16ClN3O6S. The number of aryl methyl sites for hydroxylation is 2. The highest BCUT2D eigenvalue weighted by Crippen LogP contribution is 2.18. The summed E-state index contributed by atoms with van der Waals surface area (Å²) in [5, 5.41) is 6.56. The van der Waals surface area contributed by atoms with E-state index in [-0.39, 0.29) is 16.3 Å². The number of aromatic nitrogens is 1. The number of benzene rings is 1. The zero-order valence-corrected chi connectivity index (χ0v) is 15.5. The van der Waals surface area contributed by atoms with Gasteiger partial charge in [-0.25, -0.2) is 8.42 Å². The lowest BCUT2D eigenvalue weighted by Crippen LogP contribution is -2.32. The number of ether oxygens (including phenoxy) is 1. The van der Waals surface area contributed by atoms with E-state index in [4.69, 9.17) is 20.9 Å². The van der Waals surface area contributed by atoms with Gasteiger partial charge in [0.1, 0.15) is 17.1 Å². The summed E-state index contributed by atoms with van der Waals surface area (Å²) >= 11 is 5.73. The van der Waals surface area contributed by atoms with Crippen LogP contribution in [0.2, 0.25) is 5.02 Å². The number of hydrogen-bond acceptors (Lipinski definition) is 7. The minimum atomic E-state index is -3.98. The molecule has 0 fully saturated rings. The van der Waals surface area contributed by atoms with Gasteiger partial charge in [-0.1, -0.05) is 16.8 Å². The fraction of sp³-hybridized carbons (Fsp3) is 0.267. The Morgan fingerprint density at radius 3 is 2.46 bits per heavy atom. The van der Waals surface area contributed by atoms with E-state index < -0.39 is 35.1 Å². The van der Waals surface area contributed by atoms with Gasteiger partial charge in [-0.05, 0) is 38.1 Å². The van der Waals surface area contributed by atoms with Crippen molar-refractivity contribution in [1.82, 2.24) is 9.88 Å². The van der Waals surface area contributed by atoms with Crippen LogP contribution in [0.1, 0.15) is 11.5 Å². The van der Waals surface area contributed by atoms with Crippen molar-refractivity contribution in [1.29, 1.82) is 0 Å². The molecule has 0 aliphatic rings. The van der Waals surface area contributed by atoms with Crippen LogP contribution in [0.3, 0.4) is 0 Å². The lowest BCUT2D eigenvalue weighted by Gasteiger charge is -2.08. The zero-order valence-electron chi connectivity index (χ0n) is 13.9. The summed E-state index contributed by atoms with van der Waals surface area (Å²) in [6, 6.07) is 6.35. The maximum Gasteiger partial charge on any atom is 0.321 e. The van der Waals surface area contributed by atoms with E-state index in [2.05, 4.69) is 15.2 Å². The van der Waals surface area contributed by atoms with Gasteiger partial charge in [0, 0.05) is 10.7 Å². The molecule has 1 aromatic heterocycles. The summed E-state index contributed by atoms with van der Waals surface area (Å²) < 4.78 is 35.9. The van der Waals surface area contributed by atoms with E-state index in [1.54, 1.807) is 24.3 Å². The maximum atomic E-state index is 12.1. The lowest BCUT2D eigenvalue weighted by molar-refractivity contribution is -0.146. The predicted octanol–water partition coefficient (Wildman–Crippen LogP) is 1.41. The summed E-state index contributed by atoms with van der Waals surface area (Å²) in [4.78, 5) is 23.2. The second-order valence-corrected chi connectivity index (χ2v) is 7.33. The molecule has 26 heavy (non-hydrogen) atoms.